The van der Waals surface area contributed by atoms with Crippen LogP contribution >= 0.6 is 0 Å². The summed E-state index contributed by atoms with van der Waals surface area (Å²) in [6.45, 7) is 6.83. The van der Waals surface area contributed by atoms with Crippen molar-refractivity contribution in [1.29, 1.82) is 0 Å². The lowest BCUT2D eigenvalue weighted by atomic mass is 9.74. The fraction of sp³-hybridized carbons (Fsp3) is 0.538. The molecule has 0 aliphatic heterocycles. The van der Waals surface area contributed by atoms with Crippen LogP contribution in [0.15, 0.2) is 18.2 Å². The van der Waals surface area contributed by atoms with E-state index >= 15 is 0 Å². The van der Waals surface area contributed by atoms with E-state index in [4.69, 9.17) is 0 Å². The van der Waals surface area contributed by atoms with Crippen LogP contribution in [0, 0.1) is 5.92 Å². The van der Waals surface area contributed by atoms with Crippen LogP contribution in [0.1, 0.15) is 38.3 Å². The molecule has 1 nitrogen and oxygen atoms in total. The molecule has 0 fully saturated rings. The van der Waals surface area contributed by atoms with Gasteiger partial charge in [-0.25, -0.2) is 0 Å². The summed E-state index contributed by atoms with van der Waals surface area (Å²) in [6.07, 6.45) is 2.37. The van der Waals surface area contributed by atoms with E-state index in [1.807, 2.05) is 6.07 Å². The van der Waals surface area contributed by atoms with E-state index in [0.29, 0.717) is 11.7 Å². The molecule has 76 valence electrons. The normalized spacial score (nSPS) is 25.4. The molecule has 1 unspecified atom stereocenters. The van der Waals surface area contributed by atoms with E-state index in [1.54, 1.807) is 6.07 Å². The number of aromatic hydroxyl groups is 1. The molecular formula is C13H18O. The Balaban J connectivity index is 2.52. The molecule has 0 aromatic heterocycles. The van der Waals surface area contributed by atoms with Gasteiger partial charge in [0.15, 0.2) is 0 Å². The van der Waals surface area contributed by atoms with Gasteiger partial charge in [-0.05, 0) is 47.4 Å². The monoisotopic (exact) mass is 190 g/mol. The van der Waals surface area contributed by atoms with Gasteiger partial charge in [0.25, 0.3) is 0 Å². The molecule has 0 saturated carbocycles. The Hall–Kier alpha value is -0.980. The van der Waals surface area contributed by atoms with Crippen molar-refractivity contribution in [3.8, 4) is 5.75 Å². The van der Waals surface area contributed by atoms with E-state index in [2.05, 4.69) is 26.8 Å². The maximum absolute atomic E-state index is 9.51. The third-order valence-electron chi connectivity index (χ3n) is 3.90. The predicted molar refractivity (Wildman–Crippen MR) is 58.6 cm³/mol. The largest absolute Gasteiger partial charge is 0.508 e. The first-order valence-electron chi connectivity index (χ1n) is 5.36. The summed E-state index contributed by atoms with van der Waals surface area (Å²) < 4.78 is 0. The number of benzene rings is 1. The Morgan fingerprint density at radius 3 is 2.71 bits per heavy atom. The lowest BCUT2D eigenvalue weighted by molar-refractivity contribution is 0.335. The molecule has 0 spiro atoms. The first-order valence-corrected chi connectivity index (χ1v) is 5.36. The molecule has 1 atom stereocenters. The fourth-order valence-corrected chi connectivity index (χ4v) is 2.44. The van der Waals surface area contributed by atoms with Crippen LogP contribution in [0.25, 0.3) is 0 Å². The van der Waals surface area contributed by atoms with E-state index in [9.17, 15) is 5.11 Å². The van der Waals surface area contributed by atoms with Crippen LogP contribution < -0.4 is 0 Å². The van der Waals surface area contributed by atoms with Crippen molar-refractivity contribution in [2.24, 2.45) is 5.92 Å². The zero-order valence-corrected chi connectivity index (χ0v) is 9.17. The number of hydrogen-bond donors (Lipinski definition) is 1. The molecule has 2 rings (SSSR count). The van der Waals surface area contributed by atoms with Gasteiger partial charge in [-0.2, -0.15) is 0 Å². The van der Waals surface area contributed by atoms with Crippen molar-refractivity contribution in [1.82, 2.24) is 0 Å². The molecule has 0 heterocycles. The highest BCUT2D eigenvalue weighted by Crippen LogP contribution is 2.44. The summed E-state index contributed by atoms with van der Waals surface area (Å²) >= 11 is 0. The quantitative estimate of drug-likeness (QED) is 0.720. The molecule has 0 amide bonds. The SMILES string of the molecule is CC(C)C1(C)CCc2ccc(O)cc21. The molecule has 0 bridgehead atoms. The summed E-state index contributed by atoms with van der Waals surface area (Å²) in [5, 5.41) is 9.51. The minimum Gasteiger partial charge on any atom is -0.508 e. The van der Waals surface area contributed by atoms with Gasteiger partial charge in [0.2, 0.25) is 0 Å². The van der Waals surface area contributed by atoms with Gasteiger partial charge in [-0.1, -0.05) is 26.8 Å². The van der Waals surface area contributed by atoms with Crippen LogP contribution in [0.3, 0.4) is 0 Å². The molecular weight excluding hydrogens is 172 g/mol. The predicted octanol–water partition coefficient (Wildman–Crippen LogP) is 3.25. The zero-order valence-electron chi connectivity index (χ0n) is 9.17. The van der Waals surface area contributed by atoms with Crippen molar-refractivity contribution in [3.05, 3.63) is 29.3 Å². The molecule has 1 aliphatic carbocycles. The number of hydrogen-bond acceptors (Lipinski definition) is 1. The standard InChI is InChI=1S/C13H18O/c1-9(2)13(3)7-6-10-4-5-11(14)8-12(10)13/h4-5,8-9,14H,6-7H2,1-3H3. The maximum atomic E-state index is 9.51. The topological polar surface area (TPSA) is 20.2 Å². The molecule has 1 heteroatoms. The van der Waals surface area contributed by atoms with Crippen molar-refractivity contribution in [2.45, 2.75) is 39.0 Å². The van der Waals surface area contributed by atoms with Crippen LogP contribution in [0.5, 0.6) is 5.75 Å². The zero-order chi connectivity index (χ0) is 10.3. The Morgan fingerprint density at radius 1 is 1.36 bits per heavy atom. The van der Waals surface area contributed by atoms with Gasteiger partial charge in [0.1, 0.15) is 5.75 Å². The second kappa shape index (κ2) is 3.01. The fourth-order valence-electron chi connectivity index (χ4n) is 2.44. The summed E-state index contributed by atoms with van der Waals surface area (Å²) in [4.78, 5) is 0. The molecule has 0 saturated heterocycles. The first kappa shape index (κ1) is 9.57. The van der Waals surface area contributed by atoms with E-state index in [0.717, 1.165) is 6.42 Å². The number of aryl methyl sites for hydroxylation is 1. The number of phenols is 1. The van der Waals surface area contributed by atoms with Crippen molar-refractivity contribution < 1.29 is 5.11 Å². The third kappa shape index (κ3) is 1.23. The average Bonchev–Trinajstić information content (AvgIpc) is 2.46. The minimum atomic E-state index is 0.258. The summed E-state index contributed by atoms with van der Waals surface area (Å²) in [6, 6.07) is 5.81. The Morgan fingerprint density at radius 2 is 2.07 bits per heavy atom. The number of phenolic OH excluding ortho intramolecular Hbond substituents is 1. The second-order valence-electron chi connectivity index (χ2n) is 4.91. The minimum absolute atomic E-state index is 0.258. The van der Waals surface area contributed by atoms with Crippen molar-refractivity contribution in [2.75, 3.05) is 0 Å². The van der Waals surface area contributed by atoms with E-state index in [1.165, 1.54) is 17.5 Å². The lowest BCUT2D eigenvalue weighted by Gasteiger charge is -2.30. The van der Waals surface area contributed by atoms with Gasteiger partial charge < -0.3 is 5.11 Å². The Bertz CT molecular complexity index is 354. The highest BCUT2D eigenvalue weighted by Gasteiger charge is 2.36. The molecule has 1 aromatic carbocycles. The maximum Gasteiger partial charge on any atom is 0.115 e. The lowest BCUT2D eigenvalue weighted by Crippen LogP contribution is -2.25. The highest BCUT2D eigenvalue weighted by atomic mass is 16.3. The van der Waals surface area contributed by atoms with Gasteiger partial charge in [-0.15, -0.1) is 0 Å². The third-order valence-corrected chi connectivity index (χ3v) is 3.90. The number of fused-ring (bicyclic) bond motifs is 1. The van der Waals surface area contributed by atoms with Crippen LogP contribution in [0.4, 0.5) is 0 Å². The summed E-state index contributed by atoms with van der Waals surface area (Å²) in [7, 11) is 0. The van der Waals surface area contributed by atoms with Gasteiger partial charge >= 0.3 is 0 Å². The van der Waals surface area contributed by atoms with Crippen LogP contribution in [0.2, 0.25) is 0 Å². The van der Waals surface area contributed by atoms with Crippen LogP contribution in [-0.4, -0.2) is 5.11 Å². The van der Waals surface area contributed by atoms with Crippen molar-refractivity contribution in [3.63, 3.8) is 0 Å². The van der Waals surface area contributed by atoms with Crippen LogP contribution in [-0.2, 0) is 11.8 Å². The molecule has 1 aliphatic rings. The van der Waals surface area contributed by atoms with Gasteiger partial charge in [0.05, 0.1) is 0 Å². The summed E-state index contributed by atoms with van der Waals surface area (Å²) in [5.74, 6) is 1.03. The van der Waals surface area contributed by atoms with E-state index < -0.39 is 0 Å². The Kier molecular flexibility index (Phi) is 2.06. The second-order valence-corrected chi connectivity index (χ2v) is 4.91. The Labute approximate surface area is 85.8 Å². The van der Waals surface area contributed by atoms with Gasteiger partial charge in [0, 0.05) is 0 Å². The van der Waals surface area contributed by atoms with Crippen molar-refractivity contribution >= 4 is 0 Å². The molecule has 14 heavy (non-hydrogen) atoms. The summed E-state index contributed by atoms with van der Waals surface area (Å²) in [5.41, 5.74) is 3.03. The first-order chi connectivity index (χ1) is 6.54. The molecule has 0 radical (unpaired) electrons. The smallest absolute Gasteiger partial charge is 0.115 e. The van der Waals surface area contributed by atoms with E-state index in [-0.39, 0.29) is 5.41 Å². The van der Waals surface area contributed by atoms with Gasteiger partial charge in [-0.3, -0.25) is 0 Å². The average molecular weight is 190 g/mol. The number of rotatable bonds is 1. The molecule has 1 aromatic rings. The molecule has 1 N–H and O–H groups in total. The highest BCUT2D eigenvalue weighted by molar-refractivity contribution is 5.43.